The number of nitrogens with zero attached hydrogens (tertiary/aromatic N) is 1. The predicted molar refractivity (Wildman–Crippen MR) is 87.4 cm³/mol. The first-order valence-corrected chi connectivity index (χ1v) is 7.20. The zero-order valence-corrected chi connectivity index (χ0v) is 12.8. The number of aryl methyl sites for hydroxylation is 1. The third-order valence-corrected chi connectivity index (χ3v) is 3.20. The summed E-state index contributed by atoms with van der Waals surface area (Å²) >= 11 is 0. The number of benzene rings is 1. The summed E-state index contributed by atoms with van der Waals surface area (Å²) in [4.78, 5) is 24.5. The molecule has 0 saturated heterocycles. The quantitative estimate of drug-likeness (QED) is 0.693. The first kappa shape index (κ1) is 16.5. The zero-order valence-electron chi connectivity index (χ0n) is 12.8. The van der Waals surface area contributed by atoms with Crippen LogP contribution in [0.25, 0.3) is 6.08 Å². The molecule has 0 atom stereocenters. The Balaban J connectivity index is 2.23. The van der Waals surface area contributed by atoms with E-state index < -0.39 is 5.91 Å². The minimum absolute atomic E-state index is 0.116. The standard InChI is InChI=1S/C17H19N3O3/c1-20-10-5-8-14(20)12-15(17(23)18-9-11-21)19-16(22)13-6-3-2-4-7-13/h2-8,10,12,21H,9,11H2,1H3,(H,18,23)(H,19,22)/b15-12+. The van der Waals surface area contributed by atoms with Crippen LogP contribution in [-0.4, -0.2) is 34.6 Å². The minimum Gasteiger partial charge on any atom is -0.395 e. The number of aromatic nitrogens is 1. The number of carbonyl (C=O) groups excluding carboxylic acids is 2. The molecule has 2 amide bonds. The SMILES string of the molecule is Cn1cccc1/C=C(/NC(=O)c1ccccc1)C(=O)NCCO. The molecule has 0 unspecified atom stereocenters. The van der Waals surface area contributed by atoms with Crippen molar-refractivity contribution in [3.8, 4) is 0 Å². The summed E-state index contributed by atoms with van der Waals surface area (Å²) in [6, 6.07) is 12.3. The molecule has 0 spiro atoms. The second-order valence-electron chi connectivity index (χ2n) is 4.90. The maximum atomic E-state index is 12.3. The minimum atomic E-state index is -0.454. The first-order chi connectivity index (χ1) is 11.1. The molecule has 3 N–H and O–H groups in total. The lowest BCUT2D eigenvalue weighted by atomic mass is 10.2. The van der Waals surface area contributed by atoms with Gasteiger partial charge in [0, 0.05) is 31.0 Å². The molecule has 0 fully saturated rings. The molecule has 23 heavy (non-hydrogen) atoms. The van der Waals surface area contributed by atoms with Gasteiger partial charge in [-0.3, -0.25) is 9.59 Å². The summed E-state index contributed by atoms with van der Waals surface area (Å²) in [5.74, 6) is -0.824. The van der Waals surface area contributed by atoms with Gasteiger partial charge in [-0.15, -0.1) is 0 Å². The molecule has 6 nitrogen and oxygen atoms in total. The third kappa shape index (κ3) is 4.55. The fraction of sp³-hybridized carbons (Fsp3) is 0.176. The Morgan fingerprint density at radius 1 is 1.17 bits per heavy atom. The van der Waals surface area contributed by atoms with Crippen molar-refractivity contribution in [3.63, 3.8) is 0 Å². The molecule has 0 saturated carbocycles. The number of hydrogen-bond acceptors (Lipinski definition) is 3. The van der Waals surface area contributed by atoms with Gasteiger partial charge in [-0.25, -0.2) is 0 Å². The molecule has 1 heterocycles. The van der Waals surface area contributed by atoms with E-state index in [-0.39, 0.29) is 24.8 Å². The molecule has 0 aliphatic carbocycles. The highest BCUT2D eigenvalue weighted by Crippen LogP contribution is 2.07. The maximum Gasteiger partial charge on any atom is 0.267 e. The van der Waals surface area contributed by atoms with Gasteiger partial charge < -0.3 is 20.3 Å². The van der Waals surface area contributed by atoms with Crippen LogP contribution < -0.4 is 10.6 Å². The Bertz CT molecular complexity index is 705. The van der Waals surface area contributed by atoms with E-state index in [1.54, 1.807) is 30.3 Å². The van der Waals surface area contributed by atoms with Crippen molar-refractivity contribution in [2.24, 2.45) is 7.05 Å². The molecule has 0 radical (unpaired) electrons. The highest BCUT2D eigenvalue weighted by molar-refractivity contribution is 6.05. The van der Waals surface area contributed by atoms with Crippen LogP contribution in [0.4, 0.5) is 0 Å². The van der Waals surface area contributed by atoms with Gasteiger partial charge in [0.1, 0.15) is 5.70 Å². The van der Waals surface area contributed by atoms with Crippen LogP contribution in [0.5, 0.6) is 0 Å². The maximum absolute atomic E-state index is 12.3. The van der Waals surface area contributed by atoms with E-state index in [4.69, 9.17) is 5.11 Å². The van der Waals surface area contributed by atoms with Crippen LogP contribution in [0.1, 0.15) is 16.1 Å². The zero-order chi connectivity index (χ0) is 16.7. The summed E-state index contributed by atoms with van der Waals surface area (Å²) in [6.07, 6.45) is 3.43. The number of hydrogen-bond donors (Lipinski definition) is 3. The number of aliphatic hydroxyl groups excluding tert-OH is 1. The number of nitrogens with one attached hydrogen (secondary N) is 2. The molecule has 6 heteroatoms. The van der Waals surface area contributed by atoms with E-state index in [9.17, 15) is 9.59 Å². The molecule has 0 aliphatic heterocycles. The Hall–Kier alpha value is -2.86. The molecular weight excluding hydrogens is 294 g/mol. The van der Waals surface area contributed by atoms with E-state index >= 15 is 0 Å². The topological polar surface area (TPSA) is 83.4 Å². The third-order valence-electron chi connectivity index (χ3n) is 3.20. The van der Waals surface area contributed by atoms with Gasteiger partial charge in [-0.2, -0.15) is 0 Å². The lowest BCUT2D eigenvalue weighted by Crippen LogP contribution is -2.36. The number of carbonyl (C=O) groups is 2. The fourth-order valence-corrected chi connectivity index (χ4v) is 1.98. The molecule has 1 aromatic carbocycles. The Morgan fingerprint density at radius 2 is 1.91 bits per heavy atom. The first-order valence-electron chi connectivity index (χ1n) is 7.20. The molecule has 0 aliphatic rings. The van der Waals surface area contributed by atoms with Crippen molar-refractivity contribution in [1.82, 2.24) is 15.2 Å². The summed E-state index contributed by atoms with van der Waals surface area (Å²) in [7, 11) is 1.84. The van der Waals surface area contributed by atoms with Crippen molar-refractivity contribution < 1.29 is 14.7 Å². The monoisotopic (exact) mass is 313 g/mol. The van der Waals surface area contributed by atoms with Gasteiger partial charge in [0.15, 0.2) is 0 Å². The Labute approximate surface area is 134 Å². The van der Waals surface area contributed by atoms with Crippen LogP contribution in [0, 0.1) is 0 Å². The van der Waals surface area contributed by atoms with Crippen molar-refractivity contribution in [3.05, 3.63) is 65.6 Å². The highest BCUT2D eigenvalue weighted by Gasteiger charge is 2.14. The number of rotatable bonds is 6. The lowest BCUT2D eigenvalue weighted by molar-refractivity contribution is -0.117. The second-order valence-corrected chi connectivity index (χ2v) is 4.90. The van der Waals surface area contributed by atoms with Gasteiger partial charge in [0.05, 0.1) is 6.61 Å². The second kappa shape index (κ2) is 7.95. The molecule has 2 aromatic rings. The van der Waals surface area contributed by atoms with Gasteiger partial charge in [-0.1, -0.05) is 18.2 Å². The lowest BCUT2D eigenvalue weighted by Gasteiger charge is -2.11. The molecule has 2 rings (SSSR count). The smallest absolute Gasteiger partial charge is 0.267 e. The predicted octanol–water partition coefficient (Wildman–Crippen LogP) is 0.904. The van der Waals surface area contributed by atoms with Crippen molar-refractivity contribution in [2.75, 3.05) is 13.2 Å². The Kier molecular flexibility index (Phi) is 5.71. The number of amides is 2. The fourth-order valence-electron chi connectivity index (χ4n) is 1.98. The van der Waals surface area contributed by atoms with E-state index in [0.29, 0.717) is 5.56 Å². The average Bonchev–Trinajstić information content (AvgIpc) is 2.97. The normalized spacial score (nSPS) is 11.1. The number of aliphatic hydroxyl groups is 1. The van der Waals surface area contributed by atoms with Crippen LogP contribution in [0.2, 0.25) is 0 Å². The van der Waals surface area contributed by atoms with Gasteiger partial charge >= 0.3 is 0 Å². The molecule has 120 valence electrons. The summed E-state index contributed by atoms with van der Waals surface area (Å²) in [6.45, 7) is -0.0552. The highest BCUT2D eigenvalue weighted by atomic mass is 16.3. The Morgan fingerprint density at radius 3 is 2.52 bits per heavy atom. The molecule has 0 bridgehead atoms. The summed E-state index contributed by atoms with van der Waals surface area (Å²) < 4.78 is 1.83. The summed E-state index contributed by atoms with van der Waals surface area (Å²) in [5.41, 5.74) is 1.35. The average molecular weight is 313 g/mol. The van der Waals surface area contributed by atoms with Crippen LogP contribution in [0.15, 0.2) is 54.4 Å². The summed E-state index contributed by atoms with van der Waals surface area (Å²) in [5, 5.41) is 14.0. The molecule has 1 aromatic heterocycles. The van der Waals surface area contributed by atoms with Gasteiger partial charge in [0.25, 0.3) is 11.8 Å². The largest absolute Gasteiger partial charge is 0.395 e. The van der Waals surface area contributed by atoms with E-state index in [0.717, 1.165) is 5.69 Å². The van der Waals surface area contributed by atoms with Crippen LogP contribution in [0.3, 0.4) is 0 Å². The van der Waals surface area contributed by atoms with Crippen LogP contribution in [-0.2, 0) is 11.8 Å². The van der Waals surface area contributed by atoms with E-state index in [2.05, 4.69) is 10.6 Å². The van der Waals surface area contributed by atoms with Gasteiger partial charge in [-0.05, 0) is 30.3 Å². The van der Waals surface area contributed by atoms with E-state index in [1.165, 1.54) is 0 Å². The van der Waals surface area contributed by atoms with Gasteiger partial charge in [0.2, 0.25) is 0 Å². The van der Waals surface area contributed by atoms with E-state index in [1.807, 2.05) is 36.0 Å². The van der Waals surface area contributed by atoms with Crippen molar-refractivity contribution in [1.29, 1.82) is 0 Å². The molecular formula is C17H19N3O3. The van der Waals surface area contributed by atoms with Crippen molar-refractivity contribution >= 4 is 17.9 Å². The van der Waals surface area contributed by atoms with Crippen molar-refractivity contribution in [2.45, 2.75) is 0 Å². The van der Waals surface area contributed by atoms with Crippen LogP contribution >= 0.6 is 0 Å².